The van der Waals surface area contributed by atoms with Crippen molar-refractivity contribution >= 4 is 21.8 Å². The zero-order valence-electron chi connectivity index (χ0n) is 9.38. The van der Waals surface area contributed by atoms with E-state index < -0.39 is 0 Å². The van der Waals surface area contributed by atoms with Crippen molar-refractivity contribution in [1.29, 1.82) is 0 Å². The van der Waals surface area contributed by atoms with Gasteiger partial charge in [-0.3, -0.25) is 4.79 Å². The van der Waals surface area contributed by atoms with Crippen LogP contribution in [0.3, 0.4) is 0 Å². The molecule has 1 N–H and O–H groups in total. The van der Waals surface area contributed by atoms with Gasteiger partial charge in [0.25, 0.3) is 0 Å². The molecule has 1 aromatic rings. The van der Waals surface area contributed by atoms with Crippen molar-refractivity contribution in [3.8, 4) is 0 Å². The van der Waals surface area contributed by atoms with E-state index in [2.05, 4.69) is 31.2 Å². The Morgan fingerprint density at radius 3 is 2.44 bits per heavy atom. The summed E-state index contributed by atoms with van der Waals surface area (Å²) in [5.41, 5.74) is 1.75. The fourth-order valence-corrected chi connectivity index (χ4v) is 1.68. The second-order valence-corrected chi connectivity index (χ2v) is 4.94. The minimum absolute atomic E-state index is 0.0172. The number of halogens is 1. The van der Waals surface area contributed by atoms with Gasteiger partial charge in [0.15, 0.2) is 0 Å². The number of amides is 1. The lowest BCUT2D eigenvalue weighted by molar-refractivity contribution is -0.120. The van der Waals surface area contributed by atoms with Gasteiger partial charge >= 0.3 is 0 Å². The third kappa shape index (κ3) is 2.78. The molecule has 1 aliphatic rings. The number of carbonyl (C=O) groups excluding carboxylic acids is 1. The van der Waals surface area contributed by atoms with Gasteiger partial charge in [0.1, 0.15) is 5.82 Å². The maximum absolute atomic E-state index is 11.6. The lowest BCUT2D eigenvalue weighted by atomic mass is 10.3. The van der Waals surface area contributed by atoms with Crippen molar-refractivity contribution < 1.29 is 4.79 Å². The van der Waals surface area contributed by atoms with Gasteiger partial charge in [-0.25, -0.2) is 9.97 Å². The van der Waals surface area contributed by atoms with Crippen LogP contribution in [0.15, 0.2) is 4.47 Å². The highest BCUT2D eigenvalue weighted by atomic mass is 79.9. The molecule has 1 amide bonds. The molecule has 1 heterocycles. The summed E-state index contributed by atoms with van der Waals surface area (Å²) in [5.74, 6) is 0.611. The predicted molar refractivity (Wildman–Crippen MR) is 64.1 cm³/mol. The van der Waals surface area contributed by atoms with E-state index in [0.717, 1.165) is 28.7 Å². The molecular weight excluding hydrogens is 270 g/mol. The molecule has 86 valence electrons. The number of rotatable bonds is 3. The van der Waals surface area contributed by atoms with Crippen LogP contribution in [0.1, 0.15) is 30.1 Å². The molecule has 5 heteroatoms. The summed E-state index contributed by atoms with van der Waals surface area (Å²) in [6.07, 6.45) is 2.47. The van der Waals surface area contributed by atoms with E-state index in [1.807, 2.05) is 13.8 Å². The van der Waals surface area contributed by atoms with Gasteiger partial charge in [-0.15, -0.1) is 0 Å². The molecule has 0 atom stereocenters. The van der Waals surface area contributed by atoms with E-state index in [1.165, 1.54) is 0 Å². The van der Waals surface area contributed by atoms with Crippen molar-refractivity contribution in [2.24, 2.45) is 0 Å². The number of hydrogen-bond acceptors (Lipinski definition) is 3. The zero-order chi connectivity index (χ0) is 11.7. The highest BCUT2D eigenvalue weighted by molar-refractivity contribution is 9.10. The Kier molecular flexibility index (Phi) is 3.23. The van der Waals surface area contributed by atoms with Crippen molar-refractivity contribution in [1.82, 2.24) is 15.3 Å². The van der Waals surface area contributed by atoms with E-state index >= 15 is 0 Å². The number of aryl methyl sites for hydroxylation is 2. The fourth-order valence-electron chi connectivity index (χ4n) is 1.50. The second-order valence-electron chi connectivity index (χ2n) is 4.14. The molecular formula is C11H14BrN3O. The number of nitrogens with one attached hydrogen (secondary N) is 1. The van der Waals surface area contributed by atoms with E-state index in [1.54, 1.807) is 0 Å². The van der Waals surface area contributed by atoms with Crippen LogP contribution < -0.4 is 5.32 Å². The maximum Gasteiger partial charge on any atom is 0.227 e. The summed E-state index contributed by atoms with van der Waals surface area (Å²) in [6, 6.07) is 0.394. The Labute approximate surface area is 103 Å². The topological polar surface area (TPSA) is 54.9 Å². The Morgan fingerprint density at radius 2 is 1.94 bits per heavy atom. The van der Waals surface area contributed by atoms with Crippen molar-refractivity contribution in [2.45, 2.75) is 39.2 Å². The minimum atomic E-state index is 0.0172. The van der Waals surface area contributed by atoms with Crippen LogP contribution >= 0.6 is 15.9 Å². The Morgan fingerprint density at radius 1 is 1.38 bits per heavy atom. The standard InChI is InChI=1S/C11H14BrN3O/c1-6-11(12)7(2)14-9(13-6)5-10(16)15-8-3-4-8/h8H,3-5H2,1-2H3,(H,15,16). The monoisotopic (exact) mass is 283 g/mol. The molecule has 0 bridgehead atoms. The summed E-state index contributed by atoms with van der Waals surface area (Å²) in [7, 11) is 0. The summed E-state index contributed by atoms with van der Waals surface area (Å²) < 4.78 is 0.916. The van der Waals surface area contributed by atoms with E-state index in [9.17, 15) is 4.79 Å². The number of carbonyl (C=O) groups is 1. The average molecular weight is 284 g/mol. The first-order valence-electron chi connectivity index (χ1n) is 5.35. The first-order chi connectivity index (χ1) is 7.56. The Bertz CT molecular complexity index is 406. The molecule has 0 aromatic carbocycles. The molecule has 0 aliphatic heterocycles. The third-order valence-corrected chi connectivity index (χ3v) is 3.64. The largest absolute Gasteiger partial charge is 0.353 e. The number of aromatic nitrogens is 2. The predicted octanol–water partition coefficient (Wildman–Crippen LogP) is 1.68. The molecule has 0 saturated heterocycles. The van der Waals surface area contributed by atoms with E-state index in [4.69, 9.17) is 0 Å². The quantitative estimate of drug-likeness (QED) is 0.918. The van der Waals surface area contributed by atoms with Crippen molar-refractivity contribution in [3.05, 3.63) is 21.7 Å². The SMILES string of the molecule is Cc1nc(CC(=O)NC2CC2)nc(C)c1Br. The summed E-state index contributed by atoms with van der Waals surface area (Å²) in [6.45, 7) is 3.81. The lowest BCUT2D eigenvalue weighted by Gasteiger charge is -2.06. The van der Waals surface area contributed by atoms with Crippen LogP contribution in [0.25, 0.3) is 0 Å². The van der Waals surface area contributed by atoms with E-state index in [-0.39, 0.29) is 12.3 Å². The second kappa shape index (κ2) is 4.49. The van der Waals surface area contributed by atoms with Crippen LogP contribution in [0.2, 0.25) is 0 Å². The normalized spacial score (nSPS) is 14.9. The third-order valence-electron chi connectivity index (χ3n) is 2.49. The molecule has 1 saturated carbocycles. The summed E-state index contributed by atoms with van der Waals surface area (Å²) >= 11 is 3.40. The van der Waals surface area contributed by atoms with Gasteiger partial charge in [0, 0.05) is 6.04 Å². The molecule has 1 aliphatic carbocycles. The zero-order valence-corrected chi connectivity index (χ0v) is 11.0. The first kappa shape index (κ1) is 11.5. The van der Waals surface area contributed by atoms with Crippen LogP contribution in [0.5, 0.6) is 0 Å². The van der Waals surface area contributed by atoms with Gasteiger partial charge in [-0.05, 0) is 42.6 Å². The van der Waals surface area contributed by atoms with E-state index in [0.29, 0.717) is 11.9 Å². The highest BCUT2D eigenvalue weighted by Gasteiger charge is 2.23. The summed E-state index contributed by atoms with van der Waals surface area (Å²) in [4.78, 5) is 20.1. The Hall–Kier alpha value is -0.970. The average Bonchev–Trinajstić information content (AvgIpc) is 2.97. The first-order valence-corrected chi connectivity index (χ1v) is 6.14. The molecule has 1 aromatic heterocycles. The lowest BCUT2D eigenvalue weighted by Crippen LogP contribution is -2.27. The Balaban J connectivity index is 2.05. The number of nitrogens with zero attached hydrogens (tertiary/aromatic N) is 2. The highest BCUT2D eigenvalue weighted by Crippen LogP contribution is 2.19. The molecule has 0 radical (unpaired) electrons. The van der Waals surface area contributed by atoms with Crippen LogP contribution in [0, 0.1) is 13.8 Å². The smallest absolute Gasteiger partial charge is 0.227 e. The van der Waals surface area contributed by atoms with Gasteiger partial charge < -0.3 is 5.32 Å². The van der Waals surface area contributed by atoms with Gasteiger partial charge in [-0.2, -0.15) is 0 Å². The minimum Gasteiger partial charge on any atom is -0.353 e. The van der Waals surface area contributed by atoms with Gasteiger partial charge in [-0.1, -0.05) is 0 Å². The van der Waals surface area contributed by atoms with Crippen LogP contribution in [0.4, 0.5) is 0 Å². The summed E-state index contributed by atoms with van der Waals surface area (Å²) in [5, 5.41) is 2.93. The van der Waals surface area contributed by atoms with Gasteiger partial charge in [0.2, 0.25) is 5.91 Å². The molecule has 4 nitrogen and oxygen atoms in total. The van der Waals surface area contributed by atoms with Crippen LogP contribution in [-0.2, 0) is 11.2 Å². The van der Waals surface area contributed by atoms with Gasteiger partial charge in [0.05, 0.1) is 22.3 Å². The molecule has 2 rings (SSSR count). The van der Waals surface area contributed by atoms with Crippen molar-refractivity contribution in [3.63, 3.8) is 0 Å². The van der Waals surface area contributed by atoms with Crippen molar-refractivity contribution in [2.75, 3.05) is 0 Å². The van der Waals surface area contributed by atoms with Crippen LogP contribution in [-0.4, -0.2) is 21.9 Å². The molecule has 1 fully saturated rings. The number of hydrogen-bond donors (Lipinski definition) is 1. The fraction of sp³-hybridized carbons (Fsp3) is 0.545. The molecule has 16 heavy (non-hydrogen) atoms. The molecule has 0 unspecified atom stereocenters. The maximum atomic E-state index is 11.6. The molecule has 0 spiro atoms.